The van der Waals surface area contributed by atoms with Gasteiger partial charge in [-0.15, -0.1) is 0 Å². The van der Waals surface area contributed by atoms with Crippen molar-refractivity contribution in [2.24, 2.45) is 5.73 Å². The van der Waals surface area contributed by atoms with E-state index < -0.39 is 0 Å². The van der Waals surface area contributed by atoms with E-state index in [2.05, 4.69) is 20.9 Å². The highest BCUT2D eigenvalue weighted by Gasteiger charge is 2.02. The van der Waals surface area contributed by atoms with Gasteiger partial charge in [0.25, 0.3) is 0 Å². The number of ether oxygens (including phenoxy) is 1. The molecule has 0 saturated carbocycles. The largest absolute Gasteiger partial charge is 0.478 e. The SMILES string of the molecule is CCOc1ncc(Br)cc1CN. The number of nitrogens with zero attached hydrogens (tertiary/aromatic N) is 1. The first kappa shape index (κ1) is 9.48. The topological polar surface area (TPSA) is 48.1 Å². The lowest BCUT2D eigenvalue weighted by atomic mass is 10.3. The lowest BCUT2D eigenvalue weighted by Crippen LogP contribution is -2.03. The van der Waals surface area contributed by atoms with Crippen molar-refractivity contribution in [3.8, 4) is 5.88 Å². The lowest BCUT2D eigenvalue weighted by molar-refractivity contribution is 0.323. The molecule has 0 amide bonds. The first-order valence-electron chi connectivity index (χ1n) is 3.75. The molecule has 0 aliphatic rings. The highest BCUT2D eigenvalue weighted by molar-refractivity contribution is 9.10. The van der Waals surface area contributed by atoms with Crippen molar-refractivity contribution in [2.75, 3.05) is 6.61 Å². The Labute approximate surface area is 80.1 Å². The van der Waals surface area contributed by atoms with Crippen molar-refractivity contribution in [3.63, 3.8) is 0 Å². The second kappa shape index (κ2) is 4.42. The monoisotopic (exact) mass is 230 g/mol. The van der Waals surface area contributed by atoms with E-state index in [0.717, 1.165) is 10.0 Å². The molecule has 0 saturated heterocycles. The molecule has 0 radical (unpaired) electrons. The summed E-state index contributed by atoms with van der Waals surface area (Å²) in [5, 5.41) is 0. The summed E-state index contributed by atoms with van der Waals surface area (Å²) in [5.74, 6) is 0.628. The fraction of sp³-hybridized carbons (Fsp3) is 0.375. The Morgan fingerprint density at radius 3 is 3.00 bits per heavy atom. The third-order valence-electron chi connectivity index (χ3n) is 1.39. The van der Waals surface area contributed by atoms with Crippen LogP contribution in [0.15, 0.2) is 16.7 Å². The van der Waals surface area contributed by atoms with Crippen LogP contribution in [0.5, 0.6) is 5.88 Å². The molecule has 0 aromatic carbocycles. The van der Waals surface area contributed by atoms with Gasteiger partial charge in [-0.25, -0.2) is 4.98 Å². The molecule has 66 valence electrons. The maximum Gasteiger partial charge on any atom is 0.217 e. The van der Waals surface area contributed by atoms with E-state index in [1.807, 2.05) is 13.0 Å². The average molecular weight is 231 g/mol. The number of pyridine rings is 1. The third-order valence-corrected chi connectivity index (χ3v) is 1.83. The van der Waals surface area contributed by atoms with Gasteiger partial charge in [-0.05, 0) is 28.9 Å². The predicted molar refractivity (Wildman–Crippen MR) is 51.0 cm³/mol. The van der Waals surface area contributed by atoms with Gasteiger partial charge in [0, 0.05) is 22.8 Å². The Kier molecular flexibility index (Phi) is 3.49. The summed E-state index contributed by atoms with van der Waals surface area (Å²) in [5.41, 5.74) is 6.43. The molecule has 1 heterocycles. The summed E-state index contributed by atoms with van der Waals surface area (Å²) in [6.07, 6.45) is 1.70. The van der Waals surface area contributed by atoms with Crippen molar-refractivity contribution in [3.05, 3.63) is 22.3 Å². The van der Waals surface area contributed by atoms with Crippen molar-refractivity contribution >= 4 is 15.9 Å². The van der Waals surface area contributed by atoms with Crippen molar-refractivity contribution < 1.29 is 4.74 Å². The zero-order chi connectivity index (χ0) is 8.97. The zero-order valence-electron chi connectivity index (χ0n) is 6.88. The molecule has 1 rings (SSSR count). The molecule has 0 spiro atoms. The average Bonchev–Trinajstić information content (AvgIpc) is 2.08. The molecule has 0 aliphatic carbocycles. The molecule has 0 bridgehead atoms. The van der Waals surface area contributed by atoms with Gasteiger partial charge in [-0.1, -0.05) is 0 Å². The van der Waals surface area contributed by atoms with Gasteiger partial charge in [-0.2, -0.15) is 0 Å². The highest BCUT2D eigenvalue weighted by atomic mass is 79.9. The fourth-order valence-electron chi connectivity index (χ4n) is 0.882. The molecule has 0 aliphatic heterocycles. The second-order valence-corrected chi connectivity index (χ2v) is 3.17. The summed E-state index contributed by atoms with van der Waals surface area (Å²) in [7, 11) is 0. The Bertz CT molecular complexity index is 265. The van der Waals surface area contributed by atoms with Crippen LogP contribution in [-0.2, 0) is 6.54 Å². The fourth-order valence-corrected chi connectivity index (χ4v) is 1.26. The van der Waals surface area contributed by atoms with Gasteiger partial charge in [0.1, 0.15) is 0 Å². The quantitative estimate of drug-likeness (QED) is 0.861. The van der Waals surface area contributed by atoms with E-state index in [1.54, 1.807) is 6.20 Å². The Hall–Kier alpha value is -0.610. The predicted octanol–water partition coefficient (Wildman–Crippen LogP) is 1.70. The Morgan fingerprint density at radius 1 is 1.67 bits per heavy atom. The molecule has 1 aromatic heterocycles. The molecular weight excluding hydrogens is 220 g/mol. The summed E-state index contributed by atoms with van der Waals surface area (Å²) in [4.78, 5) is 4.09. The van der Waals surface area contributed by atoms with Crippen LogP contribution in [0.1, 0.15) is 12.5 Å². The second-order valence-electron chi connectivity index (χ2n) is 2.25. The van der Waals surface area contributed by atoms with Crippen molar-refractivity contribution in [1.82, 2.24) is 4.98 Å². The minimum Gasteiger partial charge on any atom is -0.478 e. The third kappa shape index (κ3) is 2.19. The van der Waals surface area contributed by atoms with Gasteiger partial charge in [-0.3, -0.25) is 0 Å². The smallest absolute Gasteiger partial charge is 0.217 e. The Balaban J connectivity index is 2.94. The number of hydrogen-bond donors (Lipinski definition) is 1. The van der Waals surface area contributed by atoms with Crippen LogP contribution in [0.25, 0.3) is 0 Å². The first-order chi connectivity index (χ1) is 5.77. The van der Waals surface area contributed by atoms with Crippen LogP contribution in [-0.4, -0.2) is 11.6 Å². The van der Waals surface area contributed by atoms with Gasteiger partial charge in [0.15, 0.2) is 0 Å². The highest BCUT2D eigenvalue weighted by Crippen LogP contribution is 2.19. The molecule has 0 unspecified atom stereocenters. The zero-order valence-corrected chi connectivity index (χ0v) is 8.47. The van der Waals surface area contributed by atoms with Gasteiger partial charge in [0.2, 0.25) is 5.88 Å². The molecule has 2 N–H and O–H groups in total. The van der Waals surface area contributed by atoms with E-state index in [9.17, 15) is 0 Å². The van der Waals surface area contributed by atoms with Crippen LogP contribution >= 0.6 is 15.9 Å². The van der Waals surface area contributed by atoms with Gasteiger partial charge >= 0.3 is 0 Å². The summed E-state index contributed by atoms with van der Waals surface area (Å²) in [6.45, 7) is 2.98. The van der Waals surface area contributed by atoms with Crippen LogP contribution in [0.4, 0.5) is 0 Å². The molecule has 4 heteroatoms. The van der Waals surface area contributed by atoms with Crippen LogP contribution in [0.2, 0.25) is 0 Å². The van der Waals surface area contributed by atoms with Crippen molar-refractivity contribution in [1.29, 1.82) is 0 Å². The molecule has 3 nitrogen and oxygen atoms in total. The van der Waals surface area contributed by atoms with Crippen molar-refractivity contribution in [2.45, 2.75) is 13.5 Å². The molecule has 12 heavy (non-hydrogen) atoms. The van der Waals surface area contributed by atoms with Crippen LogP contribution in [0.3, 0.4) is 0 Å². The van der Waals surface area contributed by atoms with E-state index >= 15 is 0 Å². The number of rotatable bonds is 3. The molecular formula is C8H11BrN2O. The standard InChI is InChI=1S/C8H11BrN2O/c1-2-12-8-6(4-10)3-7(9)5-11-8/h3,5H,2,4,10H2,1H3. The summed E-state index contributed by atoms with van der Waals surface area (Å²) in [6, 6.07) is 1.91. The minimum absolute atomic E-state index is 0.446. The number of hydrogen-bond acceptors (Lipinski definition) is 3. The van der Waals surface area contributed by atoms with Gasteiger partial charge < -0.3 is 10.5 Å². The molecule has 0 atom stereocenters. The number of halogens is 1. The summed E-state index contributed by atoms with van der Waals surface area (Å²) >= 11 is 3.31. The maximum absolute atomic E-state index is 5.51. The maximum atomic E-state index is 5.51. The van der Waals surface area contributed by atoms with E-state index in [0.29, 0.717) is 19.0 Å². The van der Waals surface area contributed by atoms with E-state index in [4.69, 9.17) is 10.5 Å². The minimum atomic E-state index is 0.446. The van der Waals surface area contributed by atoms with Gasteiger partial charge in [0.05, 0.1) is 6.61 Å². The number of nitrogens with two attached hydrogens (primary N) is 1. The van der Waals surface area contributed by atoms with E-state index in [-0.39, 0.29) is 0 Å². The number of aromatic nitrogens is 1. The normalized spacial score (nSPS) is 9.92. The first-order valence-corrected chi connectivity index (χ1v) is 4.54. The van der Waals surface area contributed by atoms with Crippen LogP contribution < -0.4 is 10.5 Å². The lowest BCUT2D eigenvalue weighted by Gasteiger charge is -2.06. The van der Waals surface area contributed by atoms with E-state index in [1.165, 1.54) is 0 Å². The Morgan fingerprint density at radius 2 is 2.42 bits per heavy atom. The van der Waals surface area contributed by atoms with Crippen LogP contribution in [0, 0.1) is 0 Å². The molecule has 0 fully saturated rings. The molecule has 1 aromatic rings. The summed E-state index contributed by atoms with van der Waals surface area (Å²) < 4.78 is 6.19.